The number of nitrogens with zero attached hydrogens (tertiary/aromatic N) is 5. The molecule has 0 radical (unpaired) electrons. The quantitative estimate of drug-likeness (QED) is 0.756. The Bertz CT molecular complexity index is 739. The third-order valence-corrected chi connectivity index (χ3v) is 3.73. The van der Waals surface area contributed by atoms with E-state index in [0.29, 0.717) is 11.7 Å². The van der Waals surface area contributed by atoms with Gasteiger partial charge in [-0.2, -0.15) is 0 Å². The molecule has 21 heavy (non-hydrogen) atoms. The van der Waals surface area contributed by atoms with Crippen molar-refractivity contribution in [2.75, 3.05) is 23.3 Å². The molecular formula is C14H15N7. The van der Waals surface area contributed by atoms with E-state index in [1.165, 1.54) is 6.33 Å². The van der Waals surface area contributed by atoms with Gasteiger partial charge >= 0.3 is 0 Å². The summed E-state index contributed by atoms with van der Waals surface area (Å²) in [5.41, 5.74) is 1.54. The first-order chi connectivity index (χ1) is 10.4. The Labute approximate surface area is 121 Å². The monoisotopic (exact) mass is 281 g/mol. The summed E-state index contributed by atoms with van der Waals surface area (Å²) in [5, 5.41) is 3.48. The first-order valence-corrected chi connectivity index (χ1v) is 6.97. The molecule has 1 aliphatic heterocycles. The van der Waals surface area contributed by atoms with Crippen LogP contribution in [-0.4, -0.2) is 44.1 Å². The van der Waals surface area contributed by atoms with Gasteiger partial charge in [0.15, 0.2) is 11.5 Å². The van der Waals surface area contributed by atoms with Gasteiger partial charge in [-0.1, -0.05) is 6.07 Å². The predicted molar refractivity (Wildman–Crippen MR) is 80.2 cm³/mol. The molecule has 0 bridgehead atoms. The van der Waals surface area contributed by atoms with E-state index >= 15 is 0 Å². The second-order valence-corrected chi connectivity index (χ2v) is 5.09. The highest BCUT2D eigenvalue weighted by atomic mass is 15.2. The second kappa shape index (κ2) is 5.01. The lowest BCUT2D eigenvalue weighted by Crippen LogP contribution is -2.26. The molecule has 106 valence electrons. The van der Waals surface area contributed by atoms with E-state index in [2.05, 4.69) is 35.1 Å². The van der Waals surface area contributed by atoms with Crippen molar-refractivity contribution in [3.8, 4) is 0 Å². The Morgan fingerprint density at radius 1 is 1.19 bits per heavy atom. The average molecular weight is 281 g/mol. The van der Waals surface area contributed by atoms with E-state index < -0.39 is 0 Å². The number of hydrogen-bond donors (Lipinski definition) is 2. The summed E-state index contributed by atoms with van der Waals surface area (Å²) in [6, 6.07) is 6.33. The Morgan fingerprint density at radius 3 is 3.10 bits per heavy atom. The van der Waals surface area contributed by atoms with Crippen LogP contribution in [0.2, 0.25) is 0 Å². The zero-order valence-electron chi connectivity index (χ0n) is 11.4. The van der Waals surface area contributed by atoms with Crippen molar-refractivity contribution in [3.05, 3.63) is 37.1 Å². The van der Waals surface area contributed by atoms with E-state index in [1.54, 1.807) is 6.33 Å². The van der Waals surface area contributed by atoms with Gasteiger partial charge in [0.1, 0.15) is 17.7 Å². The molecule has 7 heteroatoms. The van der Waals surface area contributed by atoms with Crippen molar-refractivity contribution in [3.63, 3.8) is 0 Å². The third-order valence-electron chi connectivity index (χ3n) is 3.73. The van der Waals surface area contributed by atoms with Crippen molar-refractivity contribution in [2.24, 2.45) is 0 Å². The van der Waals surface area contributed by atoms with E-state index in [4.69, 9.17) is 0 Å². The van der Waals surface area contributed by atoms with E-state index in [9.17, 15) is 0 Å². The normalized spacial score (nSPS) is 18.3. The fourth-order valence-electron chi connectivity index (χ4n) is 2.69. The van der Waals surface area contributed by atoms with E-state index in [0.717, 1.165) is 36.7 Å². The fraction of sp³-hybridized carbons (Fsp3) is 0.286. The van der Waals surface area contributed by atoms with Gasteiger partial charge < -0.3 is 15.2 Å². The molecule has 0 aliphatic carbocycles. The summed E-state index contributed by atoms with van der Waals surface area (Å²) in [6.07, 6.45) is 6.06. The molecule has 0 saturated carbocycles. The highest BCUT2D eigenvalue weighted by Gasteiger charge is 2.24. The molecule has 0 aromatic carbocycles. The van der Waals surface area contributed by atoms with Gasteiger partial charge in [0, 0.05) is 25.3 Å². The fourth-order valence-corrected chi connectivity index (χ4v) is 2.69. The van der Waals surface area contributed by atoms with Gasteiger partial charge in [0.2, 0.25) is 0 Å². The molecule has 1 atom stereocenters. The molecule has 0 unspecified atom stereocenters. The number of imidazole rings is 1. The lowest BCUT2D eigenvalue weighted by molar-refractivity contribution is 0.800. The van der Waals surface area contributed by atoms with Gasteiger partial charge in [0.25, 0.3) is 0 Å². The zero-order chi connectivity index (χ0) is 14.1. The van der Waals surface area contributed by atoms with Crippen LogP contribution in [0.1, 0.15) is 6.42 Å². The Hall–Kier alpha value is -2.70. The molecule has 4 heterocycles. The molecule has 1 aliphatic rings. The average Bonchev–Trinajstić information content (AvgIpc) is 3.17. The van der Waals surface area contributed by atoms with Crippen LogP contribution in [0.15, 0.2) is 37.1 Å². The number of nitrogens with one attached hydrogen (secondary N) is 2. The van der Waals surface area contributed by atoms with Crippen molar-refractivity contribution in [2.45, 2.75) is 12.5 Å². The summed E-state index contributed by atoms with van der Waals surface area (Å²) < 4.78 is 0. The van der Waals surface area contributed by atoms with Crippen LogP contribution in [0.25, 0.3) is 11.2 Å². The number of fused-ring (bicyclic) bond motifs is 1. The second-order valence-electron chi connectivity index (χ2n) is 5.09. The molecular weight excluding hydrogens is 266 g/mol. The Morgan fingerprint density at radius 2 is 2.19 bits per heavy atom. The predicted octanol–water partition coefficient (Wildman–Crippen LogP) is 1.44. The lowest BCUT2D eigenvalue weighted by atomic mass is 10.2. The van der Waals surface area contributed by atoms with Crippen LogP contribution >= 0.6 is 0 Å². The smallest absolute Gasteiger partial charge is 0.182 e. The minimum absolute atomic E-state index is 0.341. The number of aromatic nitrogens is 5. The molecule has 4 rings (SSSR count). The first kappa shape index (κ1) is 12.1. The standard InChI is InChI=1S/C14H15N7/c1-2-5-15-11(3-1)21-6-4-10(7-21)20-14-12-13(17-8-16-12)18-9-19-14/h1-3,5,8-10H,4,6-7H2,(H2,16,17,18,19,20)/t10-/m0/s1. The van der Waals surface area contributed by atoms with Crippen LogP contribution in [0.4, 0.5) is 11.6 Å². The molecule has 3 aromatic heterocycles. The number of hydrogen-bond acceptors (Lipinski definition) is 6. The minimum Gasteiger partial charge on any atom is -0.364 e. The molecule has 0 spiro atoms. The summed E-state index contributed by atoms with van der Waals surface area (Å²) >= 11 is 0. The van der Waals surface area contributed by atoms with E-state index in [-0.39, 0.29) is 0 Å². The maximum Gasteiger partial charge on any atom is 0.182 e. The number of aromatic amines is 1. The maximum absolute atomic E-state index is 4.40. The number of pyridine rings is 1. The summed E-state index contributed by atoms with van der Waals surface area (Å²) in [7, 11) is 0. The third kappa shape index (κ3) is 2.26. The SMILES string of the molecule is c1ccc(N2CC[C@H](Nc3ncnc4nc[nH]c34)C2)nc1. The summed E-state index contributed by atoms with van der Waals surface area (Å²) in [5.74, 6) is 1.83. The van der Waals surface area contributed by atoms with Crippen molar-refractivity contribution in [1.82, 2.24) is 24.9 Å². The van der Waals surface area contributed by atoms with Crippen LogP contribution in [-0.2, 0) is 0 Å². The maximum atomic E-state index is 4.40. The highest BCUT2D eigenvalue weighted by Crippen LogP contribution is 2.22. The lowest BCUT2D eigenvalue weighted by Gasteiger charge is -2.18. The van der Waals surface area contributed by atoms with Crippen LogP contribution in [0.3, 0.4) is 0 Å². The van der Waals surface area contributed by atoms with E-state index in [1.807, 2.05) is 24.4 Å². The number of anilines is 2. The molecule has 1 fully saturated rings. The molecule has 0 amide bonds. The largest absolute Gasteiger partial charge is 0.364 e. The minimum atomic E-state index is 0.341. The summed E-state index contributed by atoms with van der Waals surface area (Å²) in [4.78, 5) is 22.3. The zero-order valence-corrected chi connectivity index (χ0v) is 11.4. The Kier molecular flexibility index (Phi) is 2.88. The first-order valence-electron chi connectivity index (χ1n) is 6.97. The van der Waals surface area contributed by atoms with Crippen molar-refractivity contribution in [1.29, 1.82) is 0 Å². The van der Waals surface area contributed by atoms with Crippen molar-refractivity contribution < 1.29 is 0 Å². The molecule has 7 nitrogen and oxygen atoms in total. The number of rotatable bonds is 3. The molecule has 2 N–H and O–H groups in total. The molecule has 3 aromatic rings. The Balaban J connectivity index is 1.50. The van der Waals surface area contributed by atoms with Gasteiger partial charge in [-0.15, -0.1) is 0 Å². The van der Waals surface area contributed by atoms with Gasteiger partial charge in [-0.3, -0.25) is 0 Å². The van der Waals surface area contributed by atoms with Crippen molar-refractivity contribution >= 4 is 22.8 Å². The molecule has 1 saturated heterocycles. The highest BCUT2D eigenvalue weighted by molar-refractivity contribution is 5.82. The van der Waals surface area contributed by atoms with Gasteiger partial charge in [-0.25, -0.2) is 19.9 Å². The van der Waals surface area contributed by atoms with Crippen LogP contribution in [0.5, 0.6) is 0 Å². The van der Waals surface area contributed by atoms with Gasteiger partial charge in [-0.05, 0) is 18.6 Å². The van der Waals surface area contributed by atoms with Crippen LogP contribution < -0.4 is 10.2 Å². The number of H-pyrrole nitrogens is 1. The van der Waals surface area contributed by atoms with Gasteiger partial charge in [0.05, 0.1) is 6.33 Å². The van der Waals surface area contributed by atoms with Crippen LogP contribution in [0, 0.1) is 0 Å². The summed E-state index contributed by atoms with van der Waals surface area (Å²) in [6.45, 7) is 1.91. The topological polar surface area (TPSA) is 82.6 Å².